The highest BCUT2D eigenvalue weighted by Crippen LogP contribution is 2.34. The maximum atomic E-state index is 13.5. The van der Waals surface area contributed by atoms with E-state index in [4.69, 9.17) is 5.11 Å². The van der Waals surface area contributed by atoms with E-state index in [1.54, 1.807) is 24.3 Å². The molecule has 0 saturated heterocycles. The molecule has 0 bridgehead atoms. The molecule has 0 spiro atoms. The van der Waals surface area contributed by atoms with Gasteiger partial charge in [0.05, 0.1) is 16.9 Å². The molecule has 2 aliphatic rings. The Balaban J connectivity index is 1.59. The Morgan fingerprint density at radius 2 is 1.89 bits per heavy atom. The van der Waals surface area contributed by atoms with Gasteiger partial charge in [0, 0.05) is 11.4 Å². The number of benzene rings is 2. The lowest BCUT2D eigenvalue weighted by Gasteiger charge is -2.29. The molecule has 1 aliphatic carbocycles. The molecule has 0 radical (unpaired) electrons. The monoisotopic (exact) mass is 548 g/mol. The highest BCUT2D eigenvalue weighted by atomic mass is 32.2. The molecule has 2 heterocycles. The fraction of sp³-hybridized carbons (Fsp3) is 0.190. The number of carboxylic acid groups (broad SMARTS) is 1. The van der Waals surface area contributed by atoms with E-state index < -0.39 is 48.4 Å². The number of amides is 1. The first-order chi connectivity index (χ1) is 17.4. The van der Waals surface area contributed by atoms with Gasteiger partial charge in [0.25, 0.3) is 15.6 Å². The lowest BCUT2D eigenvalue weighted by molar-refractivity contribution is 0.201. The number of nitrogens with one attached hydrogen (secondary N) is 4. The van der Waals surface area contributed by atoms with Crippen molar-refractivity contribution in [1.82, 2.24) is 9.40 Å². The lowest BCUT2D eigenvalue weighted by Crippen LogP contribution is -2.42. The number of anilines is 2. The van der Waals surface area contributed by atoms with E-state index in [1.807, 2.05) is 4.72 Å². The topological polar surface area (TPSA) is 208 Å². The maximum Gasteiger partial charge on any atom is 0.419 e. The second-order valence-corrected chi connectivity index (χ2v) is 11.4. The Bertz CT molecular complexity index is 1760. The fourth-order valence-electron chi connectivity index (χ4n) is 4.01. The molecule has 2 aromatic carbocycles. The third-order valence-corrected chi connectivity index (χ3v) is 8.17. The van der Waals surface area contributed by atoms with Gasteiger partial charge in [-0.3, -0.25) is 9.52 Å². The van der Waals surface area contributed by atoms with Crippen LogP contribution in [0.5, 0.6) is 5.75 Å². The molecule has 1 aromatic heterocycles. The SMILES string of the molecule is O=C(O)NS(=O)(=O)Nc1ccc2c(c1)S(=O)(=O)N=C(c1c(O)c3ccccc3n(NC3CCC3)c1=O)N2. The summed E-state index contributed by atoms with van der Waals surface area (Å²) in [5.41, 5.74) is 2.17. The minimum Gasteiger partial charge on any atom is -0.506 e. The van der Waals surface area contributed by atoms with Crippen LogP contribution in [0.3, 0.4) is 0 Å². The number of hydrogen-bond acceptors (Lipinski definition) is 9. The molecule has 6 N–H and O–H groups in total. The Hall–Kier alpha value is -4.31. The Morgan fingerprint density at radius 1 is 1.16 bits per heavy atom. The number of hydrogen-bond donors (Lipinski definition) is 6. The number of aromatic hydroxyl groups is 1. The van der Waals surface area contributed by atoms with Crippen molar-refractivity contribution in [3.8, 4) is 5.75 Å². The summed E-state index contributed by atoms with van der Waals surface area (Å²) in [6.07, 6.45) is 0.878. The zero-order chi connectivity index (χ0) is 26.5. The van der Waals surface area contributed by atoms with Crippen molar-refractivity contribution in [2.75, 3.05) is 15.5 Å². The average molecular weight is 549 g/mol. The number of fused-ring (bicyclic) bond motifs is 2. The van der Waals surface area contributed by atoms with Crippen LogP contribution < -0.4 is 25.7 Å². The van der Waals surface area contributed by atoms with Crippen molar-refractivity contribution in [2.24, 2.45) is 4.40 Å². The minimum absolute atomic E-state index is 0.0374. The molecule has 0 atom stereocenters. The predicted molar refractivity (Wildman–Crippen MR) is 134 cm³/mol. The number of carbonyl (C=O) groups is 1. The highest BCUT2D eigenvalue weighted by molar-refractivity contribution is 7.91. The summed E-state index contributed by atoms with van der Waals surface area (Å²) in [7, 11) is -9.01. The van der Waals surface area contributed by atoms with E-state index in [-0.39, 0.29) is 23.0 Å². The molecule has 16 heteroatoms. The van der Waals surface area contributed by atoms with E-state index in [0.717, 1.165) is 25.3 Å². The first kappa shape index (κ1) is 24.4. The summed E-state index contributed by atoms with van der Waals surface area (Å²) in [4.78, 5) is 23.7. The van der Waals surface area contributed by atoms with Gasteiger partial charge < -0.3 is 21.0 Å². The zero-order valence-corrected chi connectivity index (χ0v) is 20.4. The highest BCUT2D eigenvalue weighted by Gasteiger charge is 2.31. The van der Waals surface area contributed by atoms with Crippen LogP contribution in [-0.4, -0.2) is 49.7 Å². The van der Waals surface area contributed by atoms with Crippen LogP contribution in [-0.2, 0) is 20.2 Å². The van der Waals surface area contributed by atoms with Crippen molar-refractivity contribution in [3.63, 3.8) is 0 Å². The molecular formula is C21H20N6O8S2. The van der Waals surface area contributed by atoms with E-state index in [9.17, 15) is 31.5 Å². The number of sulfonamides is 1. The third-order valence-electron chi connectivity index (χ3n) is 5.91. The van der Waals surface area contributed by atoms with E-state index >= 15 is 0 Å². The molecule has 5 rings (SSSR count). The Morgan fingerprint density at radius 3 is 2.57 bits per heavy atom. The van der Waals surface area contributed by atoms with Crippen molar-refractivity contribution in [1.29, 1.82) is 0 Å². The van der Waals surface area contributed by atoms with Gasteiger partial charge in [-0.15, -0.1) is 4.40 Å². The van der Waals surface area contributed by atoms with Gasteiger partial charge in [-0.25, -0.2) is 14.2 Å². The smallest absolute Gasteiger partial charge is 0.419 e. The average Bonchev–Trinajstić information content (AvgIpc) is 2.77. The fourth-order valence-corrected chi connectivity index (χ4v) is 5.88. The van der Waals surface area contributed by atoms with Gasteiger partial charge >= 0.3 is 16.3 Å². The lowest BCUT2D eigenvalue weighted by atomic mass is 9.94. The molecule has 194 valence electrons. The van der Waals surface area contributed by atoms with Gasteiger partial charge in [-0.1, -0.05) is 12.1 Å². The number of amidine groups is 1. The summed E-state index contributed by atoms with van der Waals surface area (Å²) in [5, 5.41) is 22.6. The third kappa shape index (κ3) is 4.51. The first-order valence-corrected chi connectivity index (χ1v) is 13.8. The summed E-state index contributed by atoms with van der Waals surface area (Å²) in [5.74, 6) is -0.868. The van der Waals surface area contributed by atoms with Crippen molar-refractivity contribution < 1.29 is 31.8 Å². The normalized spacial score (nSPS) is 16.6. The van der Waals surface area contributed by atoms with Crippen LogP contribution >= 0.6 is 0 Å². The van der Waals surface area contributed by atoms with E-state index in [2.05, 4.69) is 15.1 Å². The van der Waals surface area contributed by atoms with E-state index in [0.29, 0.717) is 10.9 Å². The molecular weight excluding hydrogens is 528 g/mol. The van der Waals surface area contributed by atoms with Crippen LogP contribution in [0.25, 0.3) is 10.9 Å². The van der Waals surface area contributed by atoms with Gasteiger partial charge in [0.2, 0.25) is 0 Å². The van der Waals surface area contributed by atoms with E-state index in [1.165, 1.54) is 21.5 Å². The predicted octanol–water partition coefficient (Wildman–Crippen LogP) is 1.29. The Labute approximate surface area is 209 Å². The molecule has 1 fully saturated rings. The molecule has 1 aliphatic heterocycles. The second-order valence-electron chi connectivity index (χ2n) is 8.40. The molecule has 3 aromatic rings. The molecule has 0 unspecified atom stereocenters. The van der Waals surface area contributed by atoms with Crippen molar-refractivity contribution in [3.05, 3.63) is 58.4 Å². The quantitative estimate of drug-likeness (QED) is 0.260. The number of nitrogens with zero attached hydrogens (tertiary/aromatic N) is 2. The van der Waals surface area contributed by atoms with Gasteiger partial charge in [-0.2, -0.15) is 16.8 Å². The molecule has 1 amide bonds. The van der Waals surface area contributed by atoms with Crippen LogP contribution in [0.1, 0.15) is 24.8 Å². The van der Waals surface area contributed by atoms with Gasteiger partial charge in [0.15, 0.2) is 5.84 Å². The summed E-state index contributed by atoms with van der Waals surface area (Å²) in [6, 6.07) is 9.98. The largest absolute Gasteiger partial charge is 0.506 e. The standard InChI is InChI=1S/C21H20N6O8S2/c28-18-13-6-1-2-7-15(13)27(23-11-4-3-5-11)20(29)17(18)19-22-14-9-8-12(10-16(14)36(32,33)25-19)24-37(34,35)26-21(30)31/h1-2,6-11,23-24,26,28H,3-5H2,(H,22,25)(H,30,31). The number of pyridine rings is 1. The van der Waals surface area contributed by atoms with Crippen LogP contribution in [0, 0.1) is 0 Å². The number of aromatic nitrogens is 1. The summed E-state index contributed by atoms with van der Waals surface area (Å²) >= 11 is 0. The first-order valence-electron chi connectivity index (χ1n) is 10.9. The van der Waals surface area contributed by atoms with Crippen LogP contribution in [0.4, 0.5) is 16.2 Å². The second kappa shape index (κ2) is 8.67. The number of para-hydroxylation sites is 1. The van der Waals surface area contributed by atoms with Crippen LogP contribution in [0.2, 0.25) is 0 Å². The Kier molecular flexibility index (Phi) is 5.71. The number of rotatable bonds is 6. The van der Waals surface area contributed by atoms with Crippen molar-refractivity contribution in [2.45, 2.75) is 30.2 Å². The van der Waals surface area contributed by atoms with Gasteiger partial charge in [0.1, 0.15) is 16.2 Å². The van der Waals surface area contributed by atoms with Gasteiger partial charge in [-0.05, 0) is 49.6 Å². The zero-order valence-electron chi connectivity index (χ0n) is 18.8. The molecule has 14 nitrogen and oxygen atoms in total. The molecule has 37 heavy (non-hydrogen) atoms. The maximum absolute atomic E-state index is 13.5. The van der Waals surface area contributed by atoms with Crippen LogP contribution in [0.15, 0.2) is 56.6 Å². The van der Waals surface area contributed by atoms with Crippen molar-refractivity contribution >= 4 is 54.4 Å². The summed E-state index contributed by atoms with van der Waals surface area (Å²) in [6.45, 7) is 0. The molecule has 1 saturated carbocycles. The summed E-state index contributed by atoms with van der Waals surface area (Å²) < 4.78 is 57.8. The minimum atomic E-state index is -4.53.